The van der Waals surface area contributed by atoms with Crippen molar-refractivity contribution in [2.75, 3.05) is 19.0 Å². The van der Waals surface area contributed by atoms with E-state index in [2.05, 4.69) is 15.5 Å². The summed E-state index contributed by atoms with van der Waals surface area (Å²) in [6, 6.07) is 19.3. The van der Waals surface area contributed by atoms with Gasteiger partial charge >= 0.3 is 0 Å². The number of ether oxygens (including phenoxy) is 2. The summed E-state index contributed by atoms with van der Waals surface area (Å²) >= 11 is 0. The van der Waals surface area contributed by atoms with Crippen LogP contribution >= 0.6 is 0 Å². The summed E-state index contributed by atoms with van der Waals surface area (Å²) in [7, 11) is 1.65. The van der Waals surface area contributed by atoms with Gasteiger partial charge in [-0.1, -0.05) is 6.07 Å². The molecule has 122 valence electrons. The van der Waals surface area contributed by atoms with E-state index in [1.165, 1.54) is 0 Å². The Kier molecular flexibility index (Phi) is 4.91. The Morgan fingerprint density at radius 2 is 1.75 bits per heavy atom. The minimum absolute atomic E-state index is 0.639. The molecule has 1 N–H and O–H groups in total. The maximum atomic E-state index is 5.49. The maximum Gasteiger partial charge on any atom is 0.153 e. The van der Waals surface area contributed by atoms with Crippen molar-refractivity contribution < 1.29 is 9.47 Å². The molecule has 1 heterocycles. The zero-order valence-corrected chi connectivity index (χ0v) is 13.7. The maximum absolute atomic E-state index is 5.49. The molecule has 0 saturated carbocycles. The van der Waals surface area contributed by atoms with Gasteiger partial charge in [0.1, 0.15) is 11.5 Å². The molecule has 3 aromatic rings. The Morgan fingerprint density at radius 1 is 0.917 bits per heavy atom. The Bertz CT molecular complexity index is 786. The van der Waals surface area contributed by atoms with Crippen molar-refractivity contribution in [3.63, 3.8) is 0 Å². The SMILES string of the molecule is CCOc1cccc(Nc2ccc(-c3ccc(OC)cc3)nn2)c1. The fraction of sp³-hybridized carbons (Fsp3) is 0.158. The molecule has 0 atom stereocenters. The summed E-state index contributed by atoms with van der Waals surface area (Å²) < 4.78 is 10.7. The van der Waals surface area contributed by atoms with E-state index < -0.39 is 0 Å². The Labute approximate surface area is 141 Å². The van der Waals surface area contributed by atoms with Crippen LogP contribution < -0.4 is 14.8 Å². The lowest BCUT2D eigenvalue weighted by atomic mass is 10.1. The van der Waals surface area contributed by atoms with Crippen molar-refractivity contribution in [2.24, 2.45) is 0 Å². The summed E-state index contributed by atoms with van der Waals surface area (Å²) in [5.74, 6) is 2.32. The van der Waals surface area contributed by atoms with Crippen molar-refractivity contribution in [3.8, 4) is 22.8 Å². The van der Waals surface area contributed by atoms with Crippen LogP contribution in [0.3, 0.4) is 0 Å². The summed E-state index contributed by atoms with van der Waals surface area (Å²) in [5.41, 5.74) is 2.71. The third kappa shape index (κ3) is 3.81. The first-order valence-electron chi connectivity index (χ1n) is 7.76. The van der Waals surface area contributed by atoms with E-state index in [1.807, 2.05) is 67.6 Å². The van der Waals surface area contributed by atoms with Crippen LogP contribution in [0.15, 0.2) is 60.7 Å². The molecule has 2 aromatic carbocycles. The molecule has 0 aliphatic carbocycles. The van der Waals surface area contributed by atoms with E-state index in [9.17, 15) is 0 Å². The lowest BCUT2D eigenvalue weighted by Crippen LogP contribution is -1.97. The largest absolute Gasteiger partial charge is 0.497 e. The first-order valence-corrected chi connectivity index (χ1v) is 7.76. The second-order valence-corrected chi connectivity index (χ2v) is 5.12. The molecule has 0 bridgehead atoms. The number of nitrogens with one attached hydrogen (secondary N) is 1. The van der Waals surface area contributed by atoms with Gasteiger partial charge in [0.05, 0.1) is 19.4 Å². The van der Waals surface area contributed by atoms with Gasteiger partial charge in [-0.2, -0.15) is 0 Å². The molecule has 0 amide bonds. The minimum atomic E-state index is 0.639. The van der Waals surface area contributed by atoms with E-state index in [0.29, 0.717) is 12.4 Å². The molecule has 0 aliphatic rings. The van der Waals surface area contributed by atoms with Crippen LogP contribution in [0, 0.1) is 0 Å². The number of aromatic nitrogens is 2. The predicted molar refractivity (Wildman–Crippen MR) is 94.9 cm³/mol. The highest BCUT2D eigenvalue weighted by atomic mass is 16.5. The van der Waals surface area contributed by atoms with Gasteiger partial charge in [0.2, 0.25) is 0 Å². The first kappa shape index (κ1) is 15.8. The van der Waals surface area contributed by atoms with Gasteiger partial charge in [-0.15, -0.1) is 10.2 Å². The third-order valence-corrected chi connectivity index (χ3v) is 3.47. The fourth-order valence-electron chi connectivity index (χ4n) is 2.29. The Hall–Kier alpha value is -3.08. The number of methoxy groups -OCH3 is 1. The van der Waals surface area contributed by atoms with Crippen LogP contribution in [-0.4, -0.2) is 23.9 Å². The first-order chi connectivity index (χ1) is 11.8. The molecule has 0 aliphatic heterocycles. The molecule has 24 heavy (non-hydrogen) atoms. The standard InChI is InChI=1S/C19H19N3O2/c1-3-24-17-6-4-5-15(13-17)20-19-12-11-18(21-22-19)14-7-9-16(23-2)10-8-14/h4-13H,3H2,1-2H3,(H,20,22). The molecule has 1 aromatic heterocycles. The smallest absolute Gasteiger partial charge is 0.153 e. The number of rotatable bonds is 6. The van der Waals surface area contributed by atoms with Crippen LogP contribution in [0.4, 0.5) is 11.5 Å². The monoisotopic (exact) mass is 321 g/mol. The van der Waals surface area contributed by atoms with Crippen LogP contribution in [0.1, 0.15) is 6.92 Å². The average Bonchev–Trinajstić information content (AvgIpc) is 2.63. The molecule has 0 unspecified atom stereocenters. The van der Waals surface area contributed by atoms with Crippen LogP contribution in [0.5, 0.6) is 11.5 Å². The van der Waals surface area contributed by atoms with E-state index in [4.69, 9.17) is 9.47 Å². The lowest BCUT2D eigenvalue weighted by Gasteiger charge is -2.08. The van der Waals surface area contributed by atoms with Crippen LogP contribution in [-0.2, 0) is 0 Å². The molecule has 0 spiro atoms. The fourth-order valence-corrected chi connectivity index (χ4v) is 2.29. The van der Waals surface area contributed by atoms with Gasteiger partial charge in [0.15, 0.2) is 5.82 Å². The molecular weight excluding hydrogens is 302 g/mol. The van der Waals surface area contributed by atoms with Crippen molar-refractivity contribution in [1.29, 1.82) is 0 Å². The van der Waals surface area contributed by atoms with Gasteiger partial charge in [-0.05, 0) is 55.5 Å². The van der Waals surface area contributed by atoms with Crippen LogP contribution in [0.25, 0.3) is 11.3 Å². The van der Waals surface area contributed by atoms with Crippen molar-refractivity contribution in [3.05, 3.63) is 60.7 Å². The number of anilines is 2. The normalized spacial score (nSPS) is 10.2. The summed E-state index contributed by atoms with van der Waals surface area (Å²) in [6.07, 6.45) is 0. The topological polar surface area (TPSA) is 56.3 Å². The highest BCUT2D eigenvalue weighted by Gasteiger charge is 2.03. The summed E-state index contributed by atoms with van der Waals surface area (Å²) in [5, 5.41) is 11.7. The third-order valence-electron chi connectivity index (χ3n) is 3.47. The quantitative estimate of drug-likeness (QED) is 0.734. The molecule has 0 radical (unpaired) electrons. The number of nitrogens with zero attached hydrogens (tertiary/aromatic N) is 2. The van der Waals surface area contributed by atoms with Gasteiger partial charge in [-0.25, -0.2) is 0 Å². The van der Waals surface area contributed by atoms with Gasteiger partial charge in [0, 0.05) is 17.3 Å². The minimum Gasteiger partial charge on any atom is -0.497 e. The number of benzene rings is 2. The van der Waals surface area contributed by atoms with Gasteiger partial charge < -0.3 is 14.8 Å². The van der Waals surface area contributed by atoms with E-state index in [1.54, 1.807) is 7.11 Å². The number of hydrogen-bond donors (Lipinski definition) is 1. The van der Waals surface area contributed by atoms with Gasteiger partial charge in [0.25, 0.3) is 0 Å². The Morgan fingerprint density at radius 3 is 2.42 bits per heavy atom. The molecule has 0 saturated heterocycles. The number of hydrogen-bond acceptors (Lipinski definition) is 5. The molecule has 5 heteroatoms. The van der Waals surface area contributed by atoms with Crippen molar-refractivity contribution >= 4 is 11.5 Å². The zero-order chi connectivity index (χ0) is 16.8. The van der Waals surface area contributed by atoms with E-state index in [0.717, 1.165) is 28.4 Å². The zero-order valence-electron chi connectivity index (χ0n) is 13.7. The van der Waals surface area contributed by atoms with Crippen molar-refractivity contribution in [1.82, 2.24) is 10.2 Å². The molecule has 5 nitrogen and oxygen atoms in total. The average molecular weight is 321 g/mol. The van der Waals surface area contributed by atoms with E-state index >= 15 is 0 Å². The lowest BCUT2D eigenvalue weighted by molar-refractivity contribution is 0.340. The second-order valence-electron chi connectivity index (χ2n) is 5.12. The molecular formula is C19H19N3O2. The highest BCUT2D eigenvalue weighted by Crippen LogP contribution is 2.23. The second kappa shape index (κ2) is 7.46. The highest BCUT2D eigenvalue weighted by molar-refractivity contribution is 5.63. The summed E-state index contributed by atoms with van der Waals surface area (Å²) in [4.78, 5) is 0. The van der Waals surface area contributed by atoms with E-state index in [-0.39, 0.29) is 0 Å². The van der Waals surface area contributed by atoms with Crippen LogP contribution in [0.2, 0.25) is 0 Å². The van der Waals surface area contributed by atoms with Gasteiger partial charge in [-0.3, -0.25) is 0 Å². The predicted octanol–water partition coefficient (Wildman–Crippen LogP) is 4.29. The van der Waals surface area contributed by atoms with Crippen molar-refractivity contribution in [2.45, 2.75) is 6.92 Å². The Balaban J connectivity index is 1.73. The molecule has 0 fully saturated rings. The molecule has 3 rings (SSSR count). The summed E-state index contributed by atoms with van der Waals surface area (Å²) in [6.45, 7) is 2.60.